The molecule has 0 aliphatic carbocycles. The van der Waals surface area contributed by atoms with Crippen LogP contribution in [0.2, 0.25) is 0 Å². The summed E-state index contributed by atoms with van der Waals surface area (Å²) < 4.78 is 0. The summed E-state index contributed by atoms with van der Waals surface area (Å²) in [5.41, 5.74) is 5.60. The molecule has 0 aliphatic rings. The molecule has 0 unspecified atom stereocenters. The van der Waals surface area contributed by atoms with E-state index in [1.54, 1.807) is 24.3 Å². The van der Waals surface area contributed by atoms with Gasteiger partial charge >= 0.3 is 6.03 Å². The van der Waals surface area contributed by atoms with Gasteiger partial charge < -0.3 is 21.7 Å². The van der Waals surface area contributed by atoms with Gasteiger partial charge in [-0.3, -0.25) is 4.79 Å². The second-order valence-corrected chi connectivity index (χ2v) is 4.68. The number of urea groups is 1. The van der Waals surface area contributed by atoms with Gasteiger partial charge in [-0.05, 0) is 44.7 Å². The van der Waals surface area contributed by atoms with Crippen molar-refractivity contribution in [1.29, 1.82) is 0 Å². The third kappa shape index (κ3) is 4.59. The second-order valence-electron chi connectivity index (χ2n) is 4.68. The summed E-state index contributed by atoms with van der Waals surface area (Å²) in [7, 11) is 0. The molecule has 19 heavy (non-hydrogen) atoms. The van der Waals surface area contributed by atoms with Crippen LogP contribution < -0.4 is 21.7 Å². The zero-order valence-electron chi connectivity index (χ0n) is 11.4. The molecule has 0 heterocycles. The highest BCUT2D eigenvalue weighted by Gasteiger charge is 2.25. The number of likely N-dealkylation sites (N-methyl/N-ethyl adjacent to an activating group) is 1. The fourth-order valence-electron chi connectivity index (χ4n) is 1.59. The van der Waals surface area contributed by atoms with Crippen molar-refractivity contribution in [3.63, 3.8) is 0 Å². The van der Waals surface area contributed by atoms with E-state index in [0.29, 0.717) is 17.9 Å². The Bertz CT molecular complexity index is 454. The van der Waals surface area contributed by atoms with Crippen molar-refractivity contribution in [2.75, 3.05) is 17.2 Å². The van der Waals surface area contributed by atoms with Gasteiger partial charge in [-0.1, -0.05) is 6.92 Å². The molecule has 6 heteroatoms. The van der Waals surface area contributed by atoms with Gasteiger partial charge in [-0.25, -0.2) is 4.79 Å². The molecule has 1 aromatic carbocycles. The molecule has 0 aromatic heterocycles. The quantitative estimate of drug-likeness (QED) is 0.649. The largest absolute Gasteiger partial charge is 0.351 e. The van der Waals surface area contributed by atoms with E-state index < -0.39 is 11.6 Å². The Morgan fingerprint density at radius 3 is 2.00 bits per heavy atom. The number of hydrogen-bond acceptors (Lipinski definition) is 3. The molecule has 3 amide bonds. The summed E-state index contributed by atoms with van der Waals surface area (Å²) in [6.45, 7) is 6.28. The number of amides is 3. The molecule has 104 valence electrons. The normalized spacial score (nSPS) is 10.9. The highest BCUT2D eigenvalue weighted by molar-refractivity contribution is 5.97. The summed E-state index contributed by atoms with van der Waals surface area (Å²) in [6, 6.07) is 6.11. The molecule has 5 N–H and O–H groups in total. The zero-order chi connectivity index (χ0) is 14.5. The Labute approximate surface area is 112 Å². The molecule has 1 rings (SSSR count). The third-order valence-corrected chi connectivity index (χ3v) is 2.60. The van der Waals surface area contributed by atoms with Crippen molar-refractivity contribution >= 4 is 23.3 Å². The molecule has 0 fully saturated rings. The van der Waals surface area contributed by atoms with E-state index >= 15 is 0 Å². The van der Waals surface area contributed by atoms with Crippen molar-refractivity contribution < 1.29 is 9.59 Å². The third-order valence-electron chi connectivity index (χ3n) is 2.60. The summed E-state index contributed by atoms with van der Waals surface area (Å²) >= 11 is 0. The molecular weight excluding hydrogens is 244 g/mol. The van der Waals surface area contributed by atoms with Crippen LogP contribution in [0.15, 0.2) is 24.3 Å². The molecule has 0 saturated carbocycles. The monoisotopic (exact) mass is 264 g/mol. The standard InChI is InChI=1S/C13H20N4O2/c1-4-15-13(2,3)11(18)16-9-5-7-10(8-6-9)17-12(14)19/h5-8,15H,4H2,1-3H3,(H,16,18)(H3,14,17,19). The predicted molar refractivity (Wildman–Crippen MR) is 76.0 cm³/mol. The minimum Gasteiger partial charge on any atom is -0.351 e. The van der Waals surface area contributed by atoms with E-state index in [9.17, 15) is 9.59 Å². The number of hydrogen-bond donors (Lipinski definition) is 4. The van der Waals surface area contributed by atoms with Crippen LogP contribution in [-0.4, -0.2) is 24.0 Å². The lowest BCUT2D eigenvalue weighted by Gasteiger charge is -2.24. The van der Waals surface area contributed by atoms with Gasteiger partial charge in [0, 0.05) is 11.4 Å². The minimum atomic E-state index is -0.640. The first-order valence-corrected chi connectivity index (χ1v) is 6.08. The van der Waals surface area contributed by atoms with E-state index in [0.717, 1.165) is 0 Å². The topological polar surface area (TPSA) is 96.2 Å². The SMILES string of the molecule is CCNC(C)(C)C(=O)Nc1ccc(NC(N)=O)cc1. The molecule has 0 atom stereocenters. The Morgan fingerprint density at radius 2 is 1.58 bits per heavy atom. The number of carbonyl (C=O) groups excluding carboxylic acids is 2. The van der Waals surface area contributed by atoms with Crippen molar-refractivity contribution in [3.05, 3.63) is 24.3 Å². The van der Waals surface area contributed by atoms with E-state index in [4.69, 9.17) is 5.73 Å². The first-order valence-electron chi connectivity index (χ1n) is 6.08. The molecule has 0 radical (unpaired) electrons. The number of benzene rings is 1. The van der Waals surface area contributed by atoms with Crippen molar-refractivity contribution in [2.24, 2.45) is 5.73 Å². The van der Waals surface area contributed by atoms with Crippen LogP contribution in [0, 0.1) is 0 Å². The van der Waals surface area contributed by atoms with Crippen LogP contribution in [0.25, 0.3) is 0 Å². The minimum absolute atomic E-state index is 0.120. The van der Waals surface area contributed by atoms with E-state index in [2.05, 4.69) is 16.0 Å². The number of primary amides is 1. The maximum absolute atomic E-state index is 12.0. The Hall–Kier alpha value is -2.08. The van der Waals surface area contributed by atoms with E-state index in [1.807, 2.05) is 20.8 Å². The van der Waals surface area contributed by atoms with E-state index in [-0.39, 0.29) is 5.91 Å². The number of anilines is 2. The van der Waals surface area contributed by atoms with Crippen LogP contribution in [0.3, 0.4) is 0 Å². The van der Waals surface area contributed by atoms with Crippen LogP contribution in [0.1, 0.15) is 20.8 Å². The molecule has 0 aliphatic heterocycles. The fourth-order valence-corrected chi connectivity index (χ4v) is 1.59. The van der Waals surface area contributed by atoms with Crippen LogP contribution in [0.4, 0.5) is 16.2 Å². The molecule has 0 saturated heterocycles. The average molecular weight is 264 g/mol. The summed E-state index contributed by atoms with van der Waals surface area (Å²) in [5.74, 6) is -0.120. The highest BCUT2D eigenvalue weighted by Crippen LogP contribution is 2.15. The van der Waals surface area contributed by atoms with Gasteiger partial charge in [0.25, 0.3) is 0 Å². The predicted octanol–water partition coefficient (Wildman–Crippen LogP) is 1.50. The van der Waals surface area contributed by atoms with Crippen LogP contribution >= 0.6 is 0 Å². The molecule has 6 nitrogen and oxygen atoms in total. The Morgan fingerprint density at radius 1 is 1.11 bits per heavy atom. The first kappa shape index (κ1) is 15.0. The van der Waals surface area contributed by atoms with Crippen LogP contribution in [0.5, 0.6) is 0 Å². The van der Waals surface area contributed by atoms with Crippen LogP contribution in [-0.2, 0) is 4.79 Å². The van der Waals surface area contributed by atoms with Crippen molar-refractivity contribution in [1.82, 2.24) is 5.32 Å². The molecular formula is C13H20N4O2. The van der Waals surface area contributed by atoms with Crippen molar-refractivity contribution in [3.8, 4) is 0 Å². The summed E-state index contributed by atoms with van der Waals surface area (Å²) in [4.78, 5) is 22.7. The molecule has 0 spiro atoms. The highest BCUT2D eigenvalue weighted by atomic mass is 16.2. The van der Waals surface area contributed by atoms with Gasteiger partial charge in [0.15, 0.2) is 0 Å². The number of carbonyl (C=O) groups is 2. The lowest BCUT2D eigenvalue weighted by atomic mass is 10.0. The van der Waals surface area contributed by atoms with Crippen molar-refractivity contribution in [2.45, 2.75) is 26.3 Å². The first-order chi connectivity index (χ1) is 8.85. The maximum Gasteiger partial charge on any atom is 0.316 e. The maximum atomic E-state index is 12.0. The zero-order valence-corrected chi connectivity index (χ0v) is 11.4. The average Bonchev–Trinajstić information content (AvgIpc) is 2.30. The van der Waals surface area contributed by atoms with Gasteiger partial charge in [0.1, 0.15) is 0 Å². The number of nitrogens with two attached hydrogens (primary N) is 1. The van der Waals surface area contributed by atoms with Gasteiger partial charge in [-0.2, -0.15) is 0 Å². The Kier molecular flexibility index (Phi) is 4.88. The smallest absolute Gasteiger partial charge is 0.316 e. The van der Waals surface area contributed by atoms with Gasteiger partial charge in [0.05, 0.1) is 5.54 Å². The number of nitrogens with one attached hydrogen (secondary N) is 3. The fraction of sp³-hybridized carbons (Fsp3) is 0.385. The lowest BCUT2D eigenvalue weighted by molar-refractivity contribution is -0.121. The lowest BCUT2D eigenvalue weighted by Crippen LogP contribution is -2.49. The second kappa shape index (κ2) is 6.19. The van der Waals surface area contributed by atoms with Gasteiger partial charge in [-0.15, -0.1) is 0 Å². The van der Waals surface area contributed by atoms with Gasteiger partial charge in [0.2, 0.25) is 5.91 Å². The molecule has 0 bridgehead atoms. The Balaban J connectivity index is 2.67. The van der Waals surface area contributed by atoms with E-state index in [1.165, 1.54) is 0 Å². The summed E-state index contributed by atoms with van der Waals surface area (Å²) in [5, 5.41) is 8.35. The summed E-state index contributed by atoms with van der Waals surface area (Å²) in [6.07, 6.45) is 0. The molecule has 1 aromatic rings. The number of rotatable bonds is 5.